The first kappa shape index (κ1) is 12.8. The number of amidine groups is 1. The number of hydrogen-bond acceptors (Lipinski definition) is 5. The summed E-state index contributed by atoms with van der Waals surface area (Å²) in [6.07, 6.45) is 1.90. The van der Waals surface area contributed by atoms with Crippen molar-refractivity contribution < 1.29 is 0 Å². The summed E-state index contributed by atoms with van der Waals surface area (Å²) in [5.74, 6) is 0.358. The van der Waals surface area contributed by atoms with Crippen LogP contribution in [0, 0.1) is 11.3 Å². The van der Waals surface area contributed by atoms with Crippen molar-refractivity contribution in [2.75, 3.05) is 6.26 Å². The lowest BCUT2D eigenvalue weighted by Crippen LogP contribution is -2.32. The molecule has 92 valence electrons. The topological polar surface area (TPSA) is 74.2 Å². The van der Waals surface area contributed by atoms with E-state index in [2.05, 4.69) is 16.4 Å². The first-order valence-corrected chi connectivity index (χ1v) is 6.80. The van der Waals surface area contributed by atoms with E-state index in [1.54, 1.807) is 12.1 Å². The Morgan fingerprint density at radius 1 is 1.44 bits per heavy atom. The second-order valence-corrected chi connectivity index (χ2v) is 4.89. The Labute approximate surface area is 115 Å². The monoisotopic (exact) mass is 278 g/mol. The van der Waals surface area contributed by atoms with Crippen LogP contribution in [-0.2, 0) is 0 Å². The van der Waals surface area contributed by atoms with Crippen LogP contribution in [0.2, 0.25) is 5.02 Å². The fourth-order valence-corrected chi connectivity index (χ4v) is 2.20. The van der Waals surface area contributed by atoms with E-state index in [4.69, 9.17) is 17.3 Å². The quantitative estimate of drug-likeness (QED) is 0.827. The maximum absolute atomic E-state index is 9.18. The van der Waals surface area contributed by atoms with Gasteiger partial charge in [-0.2, -0.15) is 5.26 Å². The van der Waals surface area contributed by atoms with Crippen LogP contribution >= 0.6 is 23.4 Å². The molecule has 0 fully saturated rings. The molecular weight excluding hydrogens is 268 g/mol. The maximum atomic E-state index is 9.18. The van der Waals surface area contributed by atoms with Crippen LogP contribution in [0.5, 0.6) is 0 Å². The molecule has 1 heterocycles. The molecule has 1 aromatic carbocycles. The smallest absolute Gasteiger partial charge is 0.162 e. The molecule has 1 atom stereocenters. The molecule has 3 N–H and O–H groups in total. The highest BCUT2D eigenvalue weighted by atomic mass is 35.5. The Morgan fingerprint density at radius 2 is 2.11 bits per heavy atom. The summed E-state index contributed by atoms with van der Waals surface area (Å²) in [7, 11) is 0. The second kappa shape index (κ2) is 5.34. The minimum Gasteiger partial charge on any atom is -0.384 e. The summed E-state index contributed by atoms with van der Waals surface area (Å²) in [5, 5.41) is 13.4. The summed E-state index contributed by atoms with van der Waals surface area (Å²) >= 11 is 7.30. The van der Waals surface area contributed by atoms with E-state index >= 15 is 0 Å². The Kier molecular flexibility index (Phi) is 3.80. The highest BCUT2D eigenvalue weighted by Gasteiger charge is 2.24. The van der Waals surface area contributed by atoms with Crippen LogP contribution in [-0.4, -0.2) is 11.4 Å². The van der Waals surface area contributed by atoms with Crippen molar-refractivity contribution in [1.29, 1.82) is 5.26 Å². The second-order valence-electron chi connectivity index (χ2n) is 3.66. The van der Waals surface area contributed by atoms with Crippen molar-refractivity contribution in [3.05, 3.63) is 46.2 Å². The Bertz CT molecular complexity index is 556. The molecule has 2 rings (SSSR count). The average molecular weight is 279 g/mol. The number of halogens is 1. The lowest BCUT2D eigenvalue weighted by Gasteiger charge is -2.22. The molecule has 0 saturated heterocycles. The zero-order valence-electron chi connectivity index (χ0n) is 9.64. The van der Waals surface area contributed by atoms with E-state index in [0.717, 1.165) is 5.56 Å². The van der Waals surface area contributed by atoms with E-state index in [9.17, 15) is 5.26 Å². The summed E-state index contributed by atoms with van der Waals surface area (Å²) < 4.78 is 0. The lowest BCUT2D eigenvalue weighted by molar-refractivity contribution is 0.810. The summed E-state index contributed by atoms with van der Waals surface area (Å²) in [6, 6.07) is 8.99. The lowest BCUT2D eigenvalue weighted by atomic mass is 9.99. The molecule has 6 heteroatoms. The number of nitrogens with zero attached hydrogens (tertiary/aromatic N) is 2. The fourth-order valence-electron chi connectivity index (χ4n) is 1.66. The van der Waals surface area contributed by atoms with Crippen LogP contribution in [0.3, 0.4) is 0 Å². The van der Waals surface area contributed by atoms with Gasteiger partial charge in [-0.15, -0.1) is 0 Å². The first-order valence-electron chi connectivity index (χ1n) is 5.19. The average Bonchev–Trinajstić information content (AvgIpc) is 2.38. The Morgan fingerprint density at radius 3 is 2.67 bits per heavy atom. The van der Waals surface area contributed by atoms with Gasteiger partial charge in [0.1, 0.15) is 17.9 Å². The number of aliphatic imine (C=N–C) groups is 1. The van der Waals surface area contributed by atoms with Gasteiger partial charge >= 0.3 is 0 Å². The van der Waals surface area contributed by atoms with Gasteiger partial charge in [-0.25, -0.2) is 4.99 Å². The standard InChI is InChI=1S/C12H11ClN4S/c1-18-12-16-10(9(6-14)11(15)17-12)7-2-4-8(13)5-3-7/h2-5,10H,15H2,1H3,(H,16,17). The van der Waals surface area contributed by atoms with Gasteiger partial charge in [0.2, 0.25) is 0 Å². The highest BCUT2D eigenvalue weighted by Crippen LogP contribution is 2.30. The third-order valence-corrected chi connectivity index (χ3v) is 3.40. The molecule has 0 spiro atoms. The van der Waals surface area contributed by atoms with Gasteiger partial charge in [-0.1, -0.05) is 35.5 Å². The molecule has 1 aliphatic rings. The van der Waals surface area contributed by atoms with Crippen molar-refractivity contribution in [3.8, 4) is 6.07 Å². The number of nitriles is 1. The molecule has 18 heavy (non-hydrogen) atoms. The van der Waals surface area contributed by atoms with Gasteiger partial charge in [0, 0.05) is 5.02 Å². The van der Waals surface area contributed by atoms with Gasteiger partial charge in [-0.05, 0) is 24.0 Å². The molecule has 4 nitrogen and oxygen atoms in total. The zero-order valence-corrected chi connectivity index (χ0v) is 11.2. The predicted octanol–water partition coefficient (Wildman–Crippen LogP) is 2.40. The number of thioether (sulfide) groups is 1. The molecule has 0 aromatic heterocycles. The number of benzene rings is 1. The summed E-state index contributed by atoms with van der Waals surface area (Å²) in [6.45, 7) is 0. The normalized spacial score (nSPS) is 18.9. The predicted molar refractivity (Wildman–Crippen MR) is 75.1 cm³/mol. The summed E-state index contributed by atoms with van der Waals surface area (Å²) in [5.41, 5.74) is 7.16. The number of rotatable bonds is 1. The third kappa shape index (κ3) is 2.45. The number of nitrogens with one attached hydrogen (secondary N) is 1. The Balaban J connectivity index is 2.45. The SMILES string of the molecule is CSC1=NC(c2ccc(Cl)cc2)C(C#N)=C(N)N1. The van der Waals surface area contributed by atoms with Gasteiger partial charge < -0.3 is 11.1 Å². The van der Waals surface area contributed by atoms with Gasteiger partial charge in [-0.3, -0.25) is 0 Å². The van der Waals surface area contributed by atoms with Crippen molar-refractivity contribution in [1.82, 2.24) is 5.32 Å². The van der Waals surface area contributed by atoms with Crippen LogP contribution in [0.4, 0.5) is 0 Å². The van der Waals surface area contributed by atoms with Gasteiger partial charge in [0.15, 0.2) is 5.17 Å². The largest absolute Gasteiger partial charge is 0.384 e. The minimum atomic E-state index is -0.365. The molecule has 0 bridgehead atoms. The molecule has 0 aliphatic carbocycles. The van der Waals surface area contributed by atoms with Gasteiger partial charge in [0.05, 0.1) is 5.57 Å². The van der Waals surface area contributed by atoms with E-state index in [-0.39, 0.29) is 6.04 Å². The Hall–Kier alpha value is -1.64. The summed E-state index contributed by atoms with van der Waals surface area (Å²) in [4.78, 5) is 4.47. The van der Waals surface area contributed by atoms with E-state index in [1.807, 2.05) is 18.4 Å². The van der Waals surface area contributed by atoms with E-state index in [1.165, 1.54) is 11.8 Å². The van der Waals surface area contributed by atoms with Crippen molar-refractivity contribution in [2.24, 2.45) is 10.7 Å². The number of nitrogens with two attached hydrogens (primary N) is 1. The fraction of sp³-hybridized carbons (Fsp3) is 0.167. The minimum absolute atomic E-state index is 0.358. The molecular formula is C12H11ClN4S. The van der Waals surface area contributed by atoms with Crippen LogP contribution in [0.25, 0.3) is 0 Å². The van der Waals surface area contributed by atoms with Crippen molar-refractivity contribution in [3.63, 3.8) is 0 Å². The maximum Gasteiger partial charge on any atom is 0.162 e. The van der Waals surface area contributed by atoms with Crippen molar-refractivity contribution >= 4 is 28.5 Å². The molecule has 0 saturated carbocycles. The third-order valence-electron chi connectivity index (χ3n) is 2.55. The molecule has 0 radical (unpaired) electrons. The van der Waals surface area contributed by atoms with E-state index in [0.29, 0.717) is 21.6 Å². The van der Waals surface area contributed by atoms with Crippen LogP contribution < -0.4 is 11.1 Å². The molecule has 1 aromatic rings. The first-order chi connectivity index (χ1) is 8.65. The highest BCUT2D eigenvalue weighted by molar-refractivity contribution is 8.13. The van der Waals surface area contributed by atoms with Crippen LogP contribution in [0.1, 0.15) is 11.6 Å². The number of hydrogen-bond donors (Lipinski definition) is 2. The van der Waals surface area contributed by atoms with Crippen molar-refractivity contribution in [2.45, 2.75) is 6.04 Å². The molecule has 1 unspecified atom stereocenters. The van der Waals surface area contributed by atoms with Crippen LogP contribution in [0.15, 0.2) is 40.7 Å². The molecule has 1 aliphatic heterocycles. The zero-order chi connectivity index (χ0) is 13.1. The molecule has 0 amide bonds. The van der Waals surface area contributed by atoms with E-state index < -0.39 is 0 Å². The van der Waals surface area contributed by atoms with Gasteiger partial charge in [0.25, 0.3) is 0 Å².